The van der Waals surface area contributed by atoms with Crippen LogP contribution in [0.25, 0.3) is 0 Å². The summed E-state index contributed by atoms with van der Waals surface area (Å²) in [5.41, 5.74) is 0. The predicted octanol–water partition coefficient (Wildman–Crippen LogP) is 1.84. The maximum absolute atomic E-state index is 5.03. The molecule has 0 saturated carbocycles. The van der Waals surface area contributed by atoms with Gasteiger partial charge in [-0.1, -0.05) is 25.6 Å². The predicted molar refractivity (Wildman–Crippen MR) is 53.6 cm³/mol. The zero-order chi connectivity index (χ0) is 7.98. The van der Waals surface area contributed by atoms with Crippen molar-refractivity contribution in [2.24, 2.45) is 0 Å². The SMILES string of the molecule is [CH2]CCC(S)C(=S)NCC. The molecule has 0 fully saturated rings. The van der Waals surface area contributed by atoms with Crippen LogP contribution in [0.1, 0.15) is 19.8 Å². The Kier molecular flexibility index (Phi) is 6.13. The fourth-order valence-electron chi connectivity index (χ4n) is 0.616. The summed E-state index contributed by atoms with van der Waals surface area (Å²) in [6.45, 7) is 6.64. The van der Waals surface area contributed by atoms with Crippen LogP contribution in [0.5, 0.6) is 0 Å². The van der Waals surface area contributed by atoms with Gasteiger partial charge in [0, 0.05) is 6.54 Å². The van der Waals surface area contributed by atoms with Gasteiger partial charge in [-0.25, -0.2) is 0 Å². The summed E-state index contributed by atoms with van der Waals surface area (Å²) >= 11 is 9.32. The molecular weight excluding hydrogens is 162 g/mol. The third-order valence-corrected chi connectivity index (χ3v) is 2.25. The van der Waals surface area contributed by atoms with E-state index >= 15 is 0 Å². The summed E-state index contributed by atoms with van der Waals surface area (Å²) in [6, 6.07) is 0. The summed E-state index contributed by atoms with van der Waals surface area (Å²) in [5.74, 6) is 0. The lowest BCUT2D eigenvalue weighted by atomic mass is 10.2. The van der Waals surface area contributed by atoms with Crippen molar-refractivity contribution in [1.82, 2.24) is 5.32 Å². The van der Waals surface area contributed by atoms with Crippen LogP contribution in [-0.2, 0) is 0 Å². The second-order valence-corrected chi connectivity index (χ2v) is 3.12. The molecule has 0 aliphatic rings. The Bertz CT molecular complexity index is 104. The van der Waals surface area contributed by atoms with Crippen LogP contribution in [0.4, 0.5) is 0 Å². The van der Waals surface area contributed by atoms with Crippen molar-refractivity contribution < 1.29 is 0 Å². The van der Waals surface area contributed by atoms with Gasteiger partial charge in [0.2, 0.25) is 0 Å². The van der Waals surface area contributed by atoms with Crippen molar-refractivity contribution >= 4 is 29.8 Å². The molecule has 10 heavy (non-hydrogen) atoms. The summed E-state index contributed by atoms with van der Waals surface area (Å²) in [6.07, 6.45) is 1.84. The van der Waals surface area contributed by atoms with Crippen molar-refractivity contribution in [2.75, 3.05) is 6.54 Å². The molecule has 1 N–H and O–H groups in total. The summed E-state index contributed by atoms with van der Waals surface area (Å²) in [4.78, 5) is 0.842. The number of nitrogens with one attached hydrogen (secondary N) is 1. The van der Waals surface area contributed by atoms with Gasteiger partial charge in [0.25, 0.3) is 0 Å². The molecule has 0 aromatic heterocycles. The van der Waals surface area contributed by atoms with Gasteiger partial charge >= 0.3 is 0 Å². The zero-order valence-electron chi connectivity index (χ0n) is 6.26. The second kappa shape index (κ2) is 5.98. The molecule has 1 radical (unpaired) electrons. The molecule has 3 heteroatoms. The number of hydrogen-bond donors (Lipinski definition) is 2. The van der Waals surface area contributed by atoms with E-state index in [0.717, 1.165) is 24.4 Å². The van der Waals surface area contributed by atoms with Gasteiger partial charge in [-0.2, -0.15) is 12.6 Å². The molecular formula is C7H14NS2. The lowest BCUT2D eigenvalue weighted by Crippen LogP contribution is -2.29. The van der Waals surface area contributed by atoms with Gasteiger partial charge in [0.05, 0.1) is 10.2 Å². The maximum atomic E-state index is 5.03. The molecule has 0 aliphatic carbocycles. The first-order chi connectivity index (χ1) is 4.72. The van der Waals surface area contributed by atoms with Crippen LogP contribution in [0.3, 0.4) is 0 Å². The number of rotatable bonds is 4. The summed E-state index contributed by atoms with van der Waals surface area (Å²) < 4.78 is 0. The Balaban J connectivity index is 3.49. The Morgan fingerprint density at radius 3 is 2.80 bits per heavy atom. The standard InChI is InChI=1S/C7H14NS2/c1-3-5-6(9)7(10)8-4-2/h6,9H,1,3-5H2,2H3,(H,8,10). The van der Waals surface area contributed by atoms with Crippen LogP contribution >= 0.6 is 24.8 Å². The minimum Gasteiger partial charge on any atom is -0.379 e. The molecule has 1 unspecified atom stereocenters. The van der Waals surface area contributed by atoms with E-state index in [4.69, 9.17) is 12.2 Å². The minimum atomic E-state index is 0.187. The third-order valence-electron chi connectivity index (χ3n) is 1.13. The molecule has 1 atom stereocenters. The highest BCUT2D eigenvalue weighted by atomic mass is 32.1. The van der Waals surface area contributed by atoms with Crippen molar-refractivity contribution in [1.29, 1.82) is 0 Å². The first-order valence-corrected chi connectivity index (χ1v) is 4.39. The van der Waals surface area contributed by atoms with Gasteiger partial charge in [-0.15, -0.1) is 0 Å². The van der Waals surface area contributed by atoms with Crippen LogP contribution < -0.4 is 5.32 Å². The van der Waals surface area contributed by atoms with E-state index < -0.39 is 0 Å². The average Bonchev–Trinajstić information content (AvgIpc) is 1.89. The van der Waals surface area contributed by atoms with E-state index in [0.29, 0.717) is 0 Å². The summed E-state index contributed by atoms with van der Waals surface area (Å²) in [5, 5.41) is 3.24. The largest absolute Gasteiger partial charge is 0.379 e. The molecule has 0 aromatic carbocycles. The van der Waals surface area contributed by atoms with Crippen LogP contribution in [0.15, 0.2) is 0 Å². The molecule has 0 bridgehead atoms. The van der Waals surface area contributed by atoms with Crippen LogP contribution in [0, 0.1) is 6.92 Å². The Morgan fingerprint density at radius 2 is 2.40 bits per heavy atom. The smallest absolute Gasteiger partial charge is 0.0882 e. The quantitative estimate of drug-likeness (QED) is 0.501. The maximum Gasteiger partial charge on any atom is 0.0882 e. The van der Waals surface area contributed by atoms with Gasteiger partial charge in [-0.3, -0.25) is 0 Å². The van der Waals surface area contributed by atoms with Crippen LogP contribution in [0.2, 0.25) is 0 Å². The Labute approximate surface area is 74.0 Å². The first kappa shape index (κ1) is 10.2. The van der Waals surface area contributed by atoms with Gasteiger partial charge in [-0.05, 0) is 13.3 Å². The topological polar surface area (TPSA) is 12.0 Å². The molecule has 0 aromatic rings. The van der Waals surface area contributed by atoms with Gasteiger partial charge in [0.1, 0.15) is 0 Å². The monoisotopic (exact) mass is 176 g/mol. The number of thiocarbonyl (C=S) groups is 1. The lowest BCUT2D eigenvalue weighted by molar-refractivity contribution is 0.871. The molecule has 0 amide bonds. The van der Waals surface area contributed by atoms with E-state index in [1.165, 1.54) is 0 Å². The van der Waals surface area contributed by atoms with E-state index in [1.54, 1.807) is 0 Å². The van der Waals surface area contributed by atoms with Crippen molar-refractivity contribution in [3.8, 4) is 0 Å². The molecule has 0 spiro atoms. The zero-order valence-corrected chi connectivity index (χ0v) is 7.97. The highest BCUT2D eigenvalue weighted by molar-refractivity contribution is 7.86. The molecule has 0 rings (SSSR count). The number of thiol groups is 1. The van der Waals surface area contributed by atoms with Gasteiger partial charge < -0.3 is 5.32 Å². The second-order valence-electron chi connectivity index (χ2n) is 2.05. The van der Waals surface area contributed by atoms with E-state index in [2.05, 4.69) is 24.9 Å². The van der Waals surface area contributed by atoms with E-state index in [9.17, 15) is 0 Å². The van der Waals surface area contributed by atoms with E-state index in [-0.39, 0.29) is 5.25 Å². The fourth-order valence-corrected chi connectivity index (χ4v) is 1.15. The third kappa shape index (κ3) is 4.12. The summed E-state index contributed by atoms with van der Waals surface area (Å²) in [7, 11) is 0. The van der Waals surface area contributed by atoms with Crippen LogP contribution in [-0.4, -0.2) is 16.8 Å². The van der Waals surface area contributed by atoms with Crippen molar-refractivity contribution in [3.63, 3.8) is 0 Å². The lowest BCUT2D eigenvalue weighted by Gasteiger charge is -2.11. The van der Waals surface area contributed by atoms with Crippen molar-refractivity contribution in [2.45, 2.75) is 25.0 Å². The van der Waals surface area contributed by atoms with E-state index in [1.807, 2.05) is 6.92 Å². The van der Waals surface area contributed by atoms with Gasteiger partial charge in [0.15, 0.2) is 0 Å². The Hall–Kier alpha value is 0.240. The molecule has 0 saturated heterocycles. The molecule has 1 nitrogen and oxygen atoms in total. The fraction of sp³-hybridized carbons (Fsp3) is 0.714. The highest BCUT2D eigenvalue weighted by Gasteiger charge is 2.05. The van der Waals surface area contributed by atoms with Crippen molar-refractivity contribution in [3.05, 3.63) is 6.92 Å². The average molecular weight is 176 g/mol. The molecule has 0 heterocycles. The minimum absolute atomic E-state index is 0.187. The molecule has 59 valence electrons. The number of hydrogen-bond acceptors (Lipinski definition) is 2. The molecule has 0 aliphatic heterocycles. The normalized spacial score (nSPS) is 12.7. The highest BCUT2D eigenvalue weighted by Crippen LogP contribution is 2.04. The first-order valence-electron chi connectivity index (χ1n) is 3.47. The Morgan fingerprint density at radius 1 is 1.80 bits per heavy atom.